The van der Waals surface area contributed by atoms with Gasteiger partial charge in [-0.05, 0) is 12.8 Å². The normalized spacial score (nSPS) is 10.8. The van der Waals surface area contributed by atoms with Crippen molar-refractivity contribution in [2.24, 2.45) is 0 Å². The largest absolute Gasteiger partial charge is 0.450 e. The van der Waals surface area contributed by atoms with Crippen LogP contribution in [0.2, 0.25) is 0 Å². The van der Waals surface area contributed by atoms with Crippen molar-refractivity contribution in [1.82, 2.24) is 0 Å². The first-order valence-corrected chi connectivity index (χ1v) is 3.21. The van der Waals surface area contributed by atoms with Crippen molar-refractivity contribution in [1.29, 1.82) is 0 Å². The van der Waals surface area contributed by atoms with Gasteiger partial charge in [-0.3, -0.25) is 9.59 Å². The molecular weight excluding hydrogens is 144 g/mol. The molecule has 11 heavy (non-hydrogen) atoms. The van der Waals surface area contributed by atoms with Crippen LogP contribution < -0.4 is 0 Å². The Morgan fingerprint density at radius 3 is 2.27 bits per heavy atom. The average molecular weight is 154 g/mol. The molecule has 0 spiro atoms. The molecule has 0 saturated carbocycles. The number of ketones is 1. The van der Waals surface area contributed by atoms with Gasteiger partial charge in [-0.2, -0.15) is 0 Å². The molecule has 0 aromatic rings. The minimum absolute atomic E-state index is 0.232. The van der Waals surface area contributed by atoms with E-state index in [1.807, 2.05) is 0 Å². The second-order valence-electron chi connectivity index (χ2n) is 2.08. The van der Waals surface area contributed by atoms with Crippen molar-refractivity contribution in [3.05, 3.63) is 0 Å². The van der Waals surface area contributed by atoms with E-state index in [0.717, 1.165) is 0 Å². The lowest BCUT2D eigenvalue weighted by Crippen LogP contribution is -2.09. The summed E-state index contributed by atoms with van der Waals surface area (Å²) in [5.74, 6) is 4.13. The zero-order chi connectivity index (χ0) is 8.85. The third-order valence-electron chi connectivity index (χ3n) is 0.794. The number of Topliss-reactive ketones (excluding diaryl/α,β-unsaturated/α-hetero) is 1. The maximum Gasteiger partial charge on any atom is 0.303 e. The van der Waals surface area contributed by atoms with Crippen LogP contribution in [0.15, 0.2) is 0 Å². The standard InChI is InChI=1S/C8H10O3/c1-6(9)4-5-7(2)11-8(3)10/h7H,1-3H3. The van der Waals surface area contributed by atoms with Crippen LogP contribution in [-0.2, 0) is 14.3 Å². The summed E-state index contributed by atoms with van der Waals surface area (Å²) in [6.45, 7) is 4.26. The molecule has 0 fully saturated rings. The highest BCUT2D eigenvalue weighted by molar-refractivity contribution is 5.93. The predicted molar refractivity (Wildman–Crippen MR) is 39.7 cm³/mol. The SMILES string of the molecule is CC(=O)C#CC(C)OC(C)=O. The molecule has 0 rings (SSSR count). The van der Waals surface area contributed by atoms with E-state index in [1.165, 1.54) is 13.8 Å². The second kappa shape index (κ2) is 4.51. The van der Waals surface area contributed by atoms with Gasteiger partial charge in [-0.25, -0.2) is 0 Å². The zero-order valence-electron chi connectivity index (χ0n) is 6.80. The monoisotopic (exact) mass is 154 g/mol. The average Bonchev–Trinajstić information content (AvgIpc) is 1.82. The van der Waals surface area contributed by atoms with E-state index in [4.69, 9.17) is 0 Å². The Bertz CT molecular complexity index is 219. The van der Waals surface area contributed by atoms with Crippen LogP contribution in [0, 0.1) is 11.8 Å². The number of ether oxygens (including phenoxy) is 1. The summed E-state index contributed by atoms with van der Waals surface area (Å²) in [7, 11) is 0. The van der Waals surface area contributed by atoms with Crippen LogP contribution in [0.1, 0.15) is 20.8 Å². The summed E-state index contributed by atoms with van der Waals surface area (Å²) in [4.78, 5) is 20.6. The summed E-state index contributed by atoms with van der Waals surface area (Å²) >= 11 is 0. The first kappa shape index (κ1) is 9.70. The van der Waals surface area contributed by atoms with Gasteiger partial charge < -0.3 is 4.74 Å². The Labute approximate surface area is 65.7 Å². The van der Waals surface area contributed by atoms with Crippen molar-refractivity contribution in [3.63, 3.8) is 0 Å². The quantitative estimate of drug-likeness (QED) is 0.314. The molecule has 1 atom stereocenters. The summed E-state index contributed by atoms with van der Waals surface area (Å²) in [6.07, 6.45) is -0.503. The highest BCUT2D eigenvalue weighted by Crippen LogP contribution is 1.87. The number of hydrogen-bond acceptors (Lipinski definition) is 3. The number of rotatable bonds is 1. The van der Waals surface area contributed by atoms with Gasteiger partial charge in [0.2, 0.25) is 5.78 Å². The summed E-state index contributed by atoms with van der Waals surface area (Å²) in [5, 5.41) is 0. The van der Waals surface area contributed by atoms with E-state index >= 15 is 0 Å². The molecule has 0 aliphatic rings. The van der Waals surface area contributed by atoms with Crippen LogP contribution in [0.3, 0.4) is 0 Å². The van der Waals surface area contributed by atoms with E-state index in [9.17, 15) is 9.59 Å². The van der Waals surface area contributed by atoms with Gasteiger partial charge >= 0.3 is 5.97 Å². The van der Waals surface area contributed by atoms with Crippen molar-refractivity contribution in [2.45, 2.75) is 26.9 Å². The molecule has 3 nitrogen and oxygen atoms in total. The van der Waals surface area contributed by atoms with Gasteiger partial charge in [0.15, 0.2) is 6.10 Å². The maximum absolute atomic E-state index is 10.3. The number of hydrogen-bond donors (Lipinski definition) is 0. The lowest BCUT2D eigenvalue weighted by Gasteiger charge is -2.01. The van der Waals surface area contributed by atoms with Crippen LogP contribution in [-0.4, -0.2) is 17.9 Å². The fourth-order valence-corrected chi connectivity index (χ4v) is 0.482. The fraction of sp³-hybridized carbons (Fsp3) is 0.500. The Hall–Kier alpha value is -1.30. The van der Waals surface area contributed by atoms with Crippen molar-refractivity contribution >= 4 is 11.8 Å². The van der Waals surface area contributed by atoms with Gasteiger partial charge in [0.25, 0.3) is 0 Å². The van der Waals surface area contributed by atoms with Crippen molar-refractivity contribution < 1.29 is 14.3 Å². The number of carbonyl (C=O) groups excluding carboxylic acids is 2. The van der Waals surface area contributed by atoms with Crippen LogP contribution >= 0.6 is 0 Å². The van der Waals surface area contributed by atoms with Gasteiger partial charge in [-0.15, -0.1) is 0 Å². The van der Waals surface area contributed by atoms with Crippen molar-refractivity contribution in [3.8, 4) is 11.8 Å². The van der Waals surface area contributed by atoms with Crippen LogP contribution in [0.4, 0.5) is 0 Å². The Morgan fingerprint density at radius 1 is 1.36 bits per heavy atom. The predicted octanol–water partition coefficient (Wildman–Crippen LogP) is 0.530. The van der Waals surface area contributed by atoms with Crippen LogP contribution in [0.25, 0.3) is 0 Å². The molecule has 0 heterocycles. The highest BCUT2D eigenvalue weighted by Gasteiger charge is 1.98. The lowest BCUT2D eigenvalue weighted by molar-refractivity contribution is -0.143. The molecule has 3 heteroatoms. The molecule has 0 aliphatic carbocycles. The molecule has 0 aromatic heterocycles. The van der Waals surface area contributed by atoms with Gasteiger partial charge in [-0.1, -0.05) is 5.92 Å². The molecular formula is C8H10O3. The van der Waals surface area contributed by atoms with E-state index in [2.05, 4.69) is 16.6 Å². The molecule has 0 radical (unpaired) electrons. The summed E-state index contributed by atoms with van der Waals surface area (Å²) in [5.41, 5.74) is 0. The number of carbonyl (C=O) groups is 2. The lowest BCUT2D eigenvalue weighted by atomic mass is 10.3. The molecule has 0 aliphatic heterocycles. The van der Waals surface area contributed by atoms with Gasteiger partial charge in [0.05, 0.1) is 0 Å². The third-order valence-corrected chi connectivity index (χ3v) is 0.794. The van der Waals surface area contributed by atoms with Crippen molar-refractivity contribution in [2.75, 3.05) is 0 Å². The van der Waals surface area contributed by atoms with E-state index in [-0.39, 0.29) is 5.78 Å². The molecule has 0 amide bonds. The summed E-state index contributed by atoms with van der Waals surface area (Å²) < 4.78 is 4.64. The molecule has 0 aromatic carbocycles. The first-order valence-electron chi connectivity index (χ1n) is 3.21. The second-order valence-corrected chi connectivity index (χ2v) is 2.08. The Morgan fingerprint density at radius 2 is 1.91 bits per heavy atom. The molecule has 60 valence electrons. The zero-order valence-corrected chi connectivity index (χ0v) is 6.80. The topological polar surface area (TPSA) is 43.4 Å². The van der Waals surface area contributed by atoms with E-state index in [0.29, 0.717) is 0 Å². The van der Waals surface area contributed by atoms with Crippen LogP contribution in [0.5, 0.6) is 0 Å². The minimum Gasteiger partial charge on any atom is -0.450 e. The first-order chi connectivity index (χ1) is 5.02. The fourth-order valence-electron chi connectivity index (χ4n) is 0.482. The Balaban J connectivity index is 3.89. The molecule has 0 N–H and O–H groups in total. The molecule has 1 unspecified atom stereocenters. The molecule has 0 bridgehead atoms. The maximum atomic E-state index is 10.3. The number of esters is 1. The van der Waals surface area contributed by atoms with E-state index < -0.39 is 12.1 Å². The highest BCUT2D eigenvalue weighted by atomic mass is 16.5. The smallest absolute Gasteiger partial charge is 0.303 e. The summed E-state index contributed by atoms with van der Waals surface area (Å²) in [6, 6.07) is 0. The van der Waals surface area contributed by atoms with Gasteiger partial charge in [0, 0.05) is 13.8 Å². The van der Waals surface area contributed by atoms with E-state index in [1.54, 1.807) is 6.92 Å². The Kier molecular flexibility index (Phi) is 3.97. The minimum atomic E-state index is -0.503. The third kappa shape index (κ3) is 6.59. The molecule has 0 saturated heterocycles. The van der Waals surface area contributed by atoms with Gasteiger partial charge in [0.1, 0.15) is 0 Å².